The molecule has 0 aromatic heterocycles. The van der Waals surface area contributed by atoms with Crippen molar-refractivity contribution in [1.82, 2.24) is 0 Å². The minimum atomic E-state index is -5.82. The fraction of sp³-hybridized carbons (Fsp3) is 0.368. The lowest BCUT2D eigenvalue weighted by Gasteiger charge is -2.20. The Morgan fingerprint density at radius 3 is 1.33 bits per heavy atom. The second-order valence-electron chi connectivity index (χ2n) is 6.86. The lowest BCUT2D eigenvalue weighted by atomic mass is 10.0. The van der Waals surface area contributed by atoms with Crippen molar-refractivity contribution in [3.05, 3.63) is 57.6 Å². The zero-order valence-corrected chi connectivity index (χ0v) is 16.9. The van der Waals surface area contributed by atoms with E-state index < -0.39 is 16.0 Å². The number of hydrogen-bond donors (Lipinski definition) is 1. The smallest absolute Gasteiger partial charge is 0.118 e. The average Bonchev–Trinajstić information content (AvgIpc) is 2.42. The van der Waals surface area contributed by atoms with Gasteiger partial charge in [0.2, 0.25) is 0 Å². The Balaban J connectivity index is 2.78. The quantitative estimate of drug-likeness (QED) is 0.600. The van der Waals surface area contributed by atoms with Crippen LogP contribution in [0.3, 0.4) is 0 Å². The fourth-order valence-electron chi connectivity index (χ4n) is 3.44. The highest BCUT2D eigenvalue weighted by molar-refractivity contribution is 7.93. The van der Waals surface area contributed by atoms with Crippen molar-refractivity contribution in [3.63, 3.8) is 0 Å². The Morgan fingerprint density at radius 2 is 1.07 bits per heavy atom. The lowest BCUT2D eigenvalue weighted by Crippen LogP contribution is -3.03. The number of aryl methyl sites for hydroxylation is 6. The van der Waals surface area contributed by atoms with Gasteiger partial charge in [0, 0.05) is 22.3 Å². The SMILES string of the molecule is Cc1cc(C)c([NH+](O[S+]([O])(=O)C(F)(F)F)c2c(C)cc(C)cc2C)c(C)c1. The molecule has 4 nitrogen and oxygen atoms in total. The van der Waals surface area contributed by atoms with E-state index in [1.54, 1.807) is 52.0 Å². The van der Waals surface area contributed by atoms with Gasteiger partial charge in [-0.15, -0.1) is 13.2 Å². The molecule has 0 bridgehead atoms. The van der Waals surface area contributed by atoms with Gasteiger partial charge in [-0.3, -0.25) is 0 Å². The molecule has 0 saturated carbocycles. The predicted molar refractivity (Wildman–Crippen MR) is 97.5 cm³/mol. The zero-order valence-electron chi connectivity index (χ0n) is 16.1. The Bertz CT molecular complexity index is 821. The summed E-state index contributed by atoms with van der Waals surface area (Å²) >= 11 is 0. The molecule has 2 aromatic carbocycles. The third-order valence-corrected chi connectivity index (χ3v) is 5.24. The van der Waals surface area contributed by atoms with Crippen molar-refractivity contribution in [2.45, 2.75) is 47.1 Å². The summed E-state index contributed by atoms with van der Waals surface area (Å²) in [5.41, 5.74) is -0.422. The van der Waals surface area contributed by atoms with E-state index in [-0.39, 0.29) is 5.06 Å². The van der Waals surface area contributed by atoms with Crippen LogP contribution < -0.4 is 5.06 Å². The van der Waals surface area contributed by atoms with Gasteiger partial charge in [-0.05, 0) is 45.8 Å². The largest absolute Gasteiger partial charge is 0.651 e. The predicted octanol–water partition coefficient (Wildman–Crippen LogP) is 4.60. The van der Waals surface area contributed by atoms with Crippen molar-refractivity contribution in [2.24, 2.45) is 0 Å². The summed E-state index contributed by atoms with van der Waals surface area (Å²) in [6, 6.07) is 7.13. The summed E-state index contributed by atoms with van der Waals surface area (Å²) in [6.45, 7) is 10.6. The number of quaternary nitrogens is 1. The molecule has 0 heterocycles. The van der Waals surface area contributed by atoms with Crippen molar-refractivity contribution in [1.29, 1.82) is 0 Å². The molecule has 147 valence electrons. The van der Waals surface area contributed by atoms with Crippen LogP contribution in [0.25, 0.3) is 0 Å². The minimum Gasteiger partial charge on any atom is -0.118 e. The summed E-state index contributed by atoms with van der Waals surface area (Å²) in [4.78, 5) is 0. The van der Waals surface area contributed by atoms with Crippen molar-refractivity contribution >= 4 is 21.9 Å². The summed E-state index contributed by atoms with van der Waals surface area (Å²) in [7, 11) is -5.82. The topological polar surface area (TPSA) is 50.6 Å². The van der Waals surface area contributed by atoms with Crippen LogP contribution in [0.15, 0.2) is 24.3 Å². The van der Waals surface area contributed by atoms with E-state index in [2.05, 4.69) is 0 Å². The van der Waals surface area contributed by atoms with Crippen LogP contribution in [0.2, 0.25) is 0 Å². The van der Waals surface area contributed by atoms with E-state index >= 15 is 0 Å². The van der Waals surface area contributed by atoms with Crippen LogP contribution in [-0.2, 0) is 23.5 Å². The molecule has 2 rings (SSSR count). The van der Waals surface area contributed by atoms with E-state index in [0.29, 0.717) is 33.6 Å². The molecule has 1 atom stereocenters. The molecular weight excluding hydrogens is 379 g/mol. The highest BCUT2D eigenvalue weighted by atomic mass is 32.3. The van der Waals surface area contributed by atoms with Crippen LogP contribution in [-0.4, -0.2) is 5.51 Å². The molecule has 0 saturated heterocycles. The number of rotatable bonds is 4. The molecule has 0 aliphatic carbocycles. The van der Waals surface area contributed by atoms with E-state index in [1.807, 2.05) is 13.8 Å². The van der Waals surface area contributed by atoms with Crippen molar-refractivity contribution in [3.8, 4) is 0 Å². The zero-order chi connectivity index (χ0) is 20.7. The maximum atomic E-state index is 13.0. The van der Waals surface area contributed by atoms with Crippen LogP contribution in [0.4, 0.5) is 24.5 Å². The number of hydrogen-bond acceptors (Lipinski definition) is 2. The first-order valence-electron chi connectivity index (χ1n) is 8.28. The first kappa shape index (κ1) is 21.6. The summed E-state index contributed by atoms with van der Waals surface area (Å²) in [6.07, 6.45) is 0. The number of halogens is 3. The average molecular weight is 402 g/mol. The van der Waals surface area contributed by atoms with E-state index in [9.17, 15) is 21.9 Å². The normalized spacial score (nSPS) is 14.5. The minimum absolute atomic E-state index is 0.294. The van der Waals surface area contributed by atoms with E-state index in [4.69, 9.17) is 4.28 Å². The third-order valence-electron chi connectivity index (χ3n) is 4.28. The Hall–Kier alpha value is -1.74. The second kappa shape index (κ2) is 7.35. The number of benzene rings is 2. The first-order chi connectivity index (χ1) is 12.2. The molecule has 27 heavy (non-hydrogen) atoms. The molecule has 1 N–H and O–H groups in total. The molecule has 1 radical (unpaired) electrons. The monoisotopic (exact) mass is 402 g/mol. The van der Waals surface area contributed by atoms with Gasteiger partial charge in [-0.2, -0.15) is 0 Å². The fourth-order valence-corrected chi connectivity index (χ4v) is 3.92. The summed E-state index contributed by atoms with van der Waals surface area (Å²) in [5, 5.41) is -0.294. The molecule has 8 heteroatoms. The van der Waals surface area contributed by atoms with E-state index in [0.717, 1.165) is 11.1 Å². The maximum Gasteiger partial charge on any atom is 0.651 e. The van der Waals surface area contributed by atoms with Crippen LogP contribution in [0.1, 0.15) is 33.4 Å². The summed E-state index contributed by atoms with van der Waals surface area (Å²) < 4.78 is 67.5. The molecule has 0 aliphatic rings. The molecule has 0 spiro atoms. The van der Waals surface area contributed by atoms with Gasteiger partial charge in [0.05, 0.1) is 8.84 Å². The van der Waals surface area contributed by atoms with Crippen LogP contribution >= 0.6 is 0 Å². The lowest BCUT2D eigenvalue weighted by molar-refractivity contribution is -0.954. The van der Waals surface area contributed by atoms with Crippen LogP contribution in [0, 0.1) is 41.5 Å². The highest BCUT2D eigenvalue weighted by Gasteiger charge is 2.68. The Labute approximate surface area is 158 Å². The van der Waals surface area contributed by atoms with Gasteiger partial charge in [-0.25, -0.2) is 0 Å². The molecule has 0 amide bonds. The standard InChI is InChI=1S/C19H22F3NO3S/c1-11-7-13(3)17(14(4)8-11)23(26-27(24,25)19(20,21)22)18-15(5)9-12(2)10-16(18)6/h7-10H,1-6H3/q+1/p+1. The van der Waals surface area contributed by atoms with Gasteiger partial charge in [-0.1, -0.05) is 40.5 Å². The third kappa shape index (κ3) is 4.40. The molecule has 0 fully saturated rings. The number of nitrogens with one attached hydrogen (secondary N) is 1. The Kier molecular flexibility index (Phi) is 5.87. The van der Waals surface area contributed by atoms with Gasteiger partial charge < -0.3 is 0 Å². The van der Waals surface area contributed by atoms with Crippen LogP contribution in [0.5, 0.6) is 0 Å². The second-order valence-corrected chi connectivity index (χ2v) is 8.40. The van der Waals surface area contributed by atoms with Gasteiger partial charge >= 0.3 is 16.0 Å². The first-order valence-corrected chi connectivity index (χ1v) is 9.69. The molecule has 1 unspecified atom stereocenters. The highest BCUT2D eigenvalue weighted by Crippen LogP contribution is 2.31. The summed E-state index contributed by atoms with van der Waals surface area (Å²) in [5.74, 6) is 0. The van der Waals surface area contributed by atoms with Gasteiger partial charge in [0.15, 0.2) is 11.4 Å². The van der Waals surface area contributed by atoms with E-state index in [1.165, 1.54) is 0 Å². The van der Waals surface area contributed by atoms with Crippen molar-refractivity contribution < 1.29 is 31.3 Å². The molecule has 0 aliphatic heterocycles. The number of alkyl halides is 3. The van der Waals surface area contributed by atoms with Gasteiger partial charge in [0.1, 0.15) is 0 Å². The Morgan fingerprint density at radius 1 is 0.778 bits per heavy atom. The molecule has 2 aromatic rings. The van der Waals surface area contributed by atoms with Crippen molar-refractivity contribution in [2.75, 3.05) is 0 Å². The molecular formula is C19H23F3NO3S+2. The van der Waals surface area contributed by atoms with Gasteiger partial charge in [0.25, 0.3) is 0 Å². The maximum absolute atomic E-state index is 13.0.